The van der Waals surface area contributed by atoms with Gasteiger partial charge < -0.3 is 0 Å². The molecule has 0 aliphatic carbocycles. The molecular weight excluding hydrogens is 456 g/mol. The molecule has 0 aliphatic heterocycles. The number of fused-ring (bicyclic) bond motifs is 1. The molecule has 8 heteroatoms. The van der Waals surface area contributed by atoms with E-state index < -0.39 is 0 Å². The summed E-state index contributed by atoms with van der Waals surface area (Å²) in [7, 11) is 0. The van der Waals surface area contributed by atoms with Crippen molar-refractivity contribution in [2.45, 2.75) is 44.5 Å². The summed E-state index contributed by atoms with van der Waals surface area (Å²) in [6.45, 7) is 6.28. The maximum atomic E-state index is 12.7. The van der Waals surface area contributed by atoms with E-state index in [1.807, 2.05) is 43.6 Å². The fourth-order valence-corrected chi connectivity index (χ4v) is 5.05. The van der Waals surface area contributed by atoms with E-state index in [1.165, 1.54) is 22.9 Å². The number of hydrogen-bond donors (Lipinski definition) is 0. The highest BCUT2D eigenvalue weighted by molar-refractivity contribution is 7.98. The van der Waals surface area contributed by atoms with Gasteiger partial charge >= 0.3 is 0 Å². The first kappa shape index (κ1) is 23.0. The third-order valence-electron chi connectivity index (χ3n) is 5.95. The minimum atomic E-state index is -0.0867. The van der Waals surface area contributed by atoms with E-state index >= 15 is 0 Å². The number of aryl methyl sites for hydroxylation is 3. The molecule has 1 aromatic carbocycles. The van der Waals surface area contributed by atoms with Gasteiger partial charge in [-0.1, -0.05) is 49.9 Å². The topological polar surface area (TPSA) is 78.0 Å². The van der Waals surface area contributed by atoms with Crippen molar-refractivity contribution in [3.05, 3.63) is 99.9 Å². The van der Waals surface area contributed by atoms with Gasteiger partial charge in [-0.3, -0.25) is 18.7 Å². The lowest BCUT2D eigenvalue weighted by atomic mass is 10.0. The van der Waals surface area contributed by atoms with E-state index in [1.54, 1.807) is 16.7 Å². The van der Waals surface area contributed by atoms with E-state index in [9.17, 15) is 4.79 Å². The van der Waals surface area contributed by atoms with Gasteiger partial charge in [-0.25, -0.2) is 4.98 Å². The SMILES string of the molecule is CCc1cccc(CC)c1-n1c(SCc2cc(=O)n3cc(C)ccc3n2)nnc1-c1cccnc1. The second kappa shape index (κ2) is 9.84. The molecule has 0 saturated heterocycles. The number of para-hydroxylation sites is 1. The number of pyridine rings is 2. The summed E-state index contributed by atoms with van der Waals surface area (Å²) in [6.07, 6.45) is 7.15. The van der Waals surface area contributed by atoms with Crippen molar-refractivity contribution in [2.24, 2.45) is 0 Å². The zero-order chi connectivity index (χ0) is 24.4. The highest BCUT2D eigenvalue weighted by atomic mass is 32.2. The standard InChI is InChI=1S/C27H26N6OS/c1-4-19-8-6-9-20(5-2)25(19)33-26(21-10-7-13-28-15-21)30-31-27(33)35-17-22-14-24(34)32-16-18(3)11-12-23(32)29-22/h6-16H,4-5,17H2,1-3H3. The number of benzene rings is 1. The van der Waals surface area contributed by atoms with Crippen molar-refractivity contribution in [1.82, 2.24) is 29.1 Å². The molecule has 0 atom stereocenters. The van der Waals surface area contributed by atoms with Crippen LogP contribution in [0.15, 0.2) is 77.1 Å². The average molecular weight is 483 g/mol. The maximum absolute atomic E-state index is 12.7. The predicted octanol–water partition coefficient (Wildman–Crippen LogP) is 5.06. The summed E-state index contributed by atoms with van der Waals surface area (Å²) in [5.74, 6) is 1.25. The van der Waals surface area contributed by atoms with E-state index in [4.69, 9.17) is 4.98 Å². The molecule has 5 rings (SSSR count). The zero-order valence-corrected chi connectivity index (χ0v) is 20.8. The number of nitrogens with zero attached hydrogens (tertiary/aromatic N) is 6. The summed E-state index contributed by atoms with van der Waals surface area (Å²) in [5.41, 5.74) is 6.75. The molecule has 4 aromatic heterocycles. The molecule has 0 fully saturated rings. The number of thioether (sulfide) groups is 1. The van der Waals surface area contributed by atoms with Gasteiger partial charge in [0.1, 0.15) is 5.65 Å². The summed E-state index contributed by atoms with van der Waals surface area (Å²) in [5, 5.41) is 9.89. The van der Waals surface area contributed by atoms with Gasteiger partial charge in [-0.2, -0.15) is 0 Å². The van der Waals surface area contributed by atoms with Gasteiger partial charge in [0.25, 0.3) is 5.56 Å². The molecule has 0 amide bonds. The molecule has 5 aromatic rings. The molecule has 0 aliphatic rings. The van der Waals surface area contributed by atoms with Crippen LogP contribution in [0, 0.1) is 6.92 Å². The lowest BCUT2D eigenvalue weighted by Gasteiger charge is -2.18. The molecule has 0 unspecified atom stereocenters. The molecule has 0 spiro atoms. The Hall–Kier alpha value is -3.78. The highest BCUT2D eigenvalue weighted by Gasteiger charge is 2.21. The van der Waals surface area contributed by atoms with Crippen LogP contribution in [-0.2, 0) is 18.6 Å². The second-order valence-electron chi connectivity index (χ2n) is 8.32. The smallest absolute Gasteiger partial charge is 0.258 e. The third kappa shape index (κ3) is 4.49. The Bertz CT molecular complexity index is 1540. The lowest BCUT2D eigenvalue weighted by Crippen LogP contribution is -2.15. The molecule has 0 saturated carbocycles. The highest BCUT2D eigenvalue weighted by Crippen LogP contribution is 2.33. The van der Waals surface area contributed by atoms with E-state index in [2.05, 4.69) is 51.8 Å². The minimum Gasteiger partial charge on any atom is -0.269 e. The van der Waals surface area contributed by atoms with Crippen LogP contribution >= 0.6 is 11.8 Å². The molecule has 0 N–H and O–H groups in total. The van der Waals surface area contributed by atoms with Crippen molar-refractivity contribution >= 4 is 17.4 Å². The Labute approximate surface area is 207 Å². The lowest BCUT2D eigenvalue weighted by molar-refractivity contribution is 0.856. The summed E-state index contributed by atoms with van der Waals surface area (Å²) in [4.78, 5) is 21.7. The Morgan fingerprint density at radius 1 is 0.971 bits per heavy atom. The molecule has 7 nitrogen and oxygen atoms in total. The Morgan fingerprint density at radius 2 is 1.77 bits per heavy atom. The van der Waals surface area contributed by atoms with E-state index in [0.717, 1.165) is 40.6 Å². The van der Waals surface area contributed by atoms with E-state index in [0.29, 0.717) is 17.1 Å². The van der Waals surface area contributed by atoms with Crippen LogP contribution in [0.1, 0.15) is 36.2 Å². The summed E-state index contributed by atoms with van der Waals surface area (Å²) in [6, 6.07) is 15.8. The fraction of sp³-hybridized carbons (Fsp3) is 0.222. The summed E-state index contributed by atoms with van der Waals surface area (Å²) < 4.78 is 3.72. The Morgan fingerprint density at radius 3 is 2.49 bits per heavy atom. The minimum absolute atomic E-state index is 0.0867. The van der Waals surface area contributed by atoms with Gasteiger partial charge in [0.05, 0.1) is 11.4 Å². The van der Waals surface area contributed by atoms with Crippen LogP contribution in [0.25, 0.3) is 22.7 Å². The van der Waals surface area contributed by atoms with Crippen LogP contribution < -0.4 is 5.56 Å². The zero-order valence-electron chi connectivity index (χ0n) is 20.0. The Balaban J connectivity index is 1.60. The van der Waals surface area contributed by atoms with Crippen molar-refractivity contribution in [3.8, 4) is 17.1 Å². The van der Waals surface area contributed by atoms with Crippen molar-refractivity contribution in [1.29, 1.82) is 0 Å². The maximum Gasteiger partial charge on any atom is 0.258 e. The molecule has 0 radical (unpaired) electrons. The van der Waals surface area contributed by atoms with Crippen LogP contribution in [0.3, 0.4) is 0 Å². The third-order valence-corrected chi connectivity index (χ3v) is 6.91. The van der Waals surface area contributed by atoms with Crippen LogP contribution in [0.5, 0.6) is 0 Å². The molecule has 35 heavy (non-hydrogen) atoms. The van der Waals surface area contributed by atoms with Gasteiger partial charge in [-0.05, 0) is 54.7 Å². The molecule has 176 valence electrons. The first-order chi connectivity index (χ1) is 17.1. The van der Waals surface area contributed by atoms with Gasteiger partial charge in [-0.15, -0.1) is 10.2 Å². The number of rotatable bonds is 7. The predicted molar refractivity (Wildman–Crippen MR) is 139 cm³/mol. The first-order valence-electron chi connectivity index (χ1n) is 11.7. The van der Waals surface area contributed by atoms with Crippen LogP contribution in [-0.4, -0.2) is 29.1 Å². The monoisotopic (exact) mass is 482 g/mol. The normalized spacial score (nSPS) is 11.3. The van der Waals surface area contributed by atoms with Gasteiger partial charge in [0, 0.05) is 36.0 Å². The van der Waals surface area contributed by atoms with Crippen LogP contribution in [0.2, 0.25) is 0 Å². The largest absolute Gasteiger partial charge is 0.269 e. The number of aromatic nitrogens is 6. The molecule has 0 bridgehead atoms. The number of hydrogen-bond acceptors (Lipinski definition) is 6. The van der Waals surface area contributed by atoms with Crippen molar-refractivity contribution in [3.63, 3.8) is 0 Å². The second-order valence-corrected chi connectivity index (χ2v) is 9.27. The first-order valence-corrected chi connectivity index (χ1v) is 12.7. The van der Waals surface area contributed by atoms with Crippen molar-refractivity contribution < 1.29 is 0 Å². The average Bonchev–Trinajstić information content (AvgIpc) is 3.31. The van der Waals surface area contributed by atoms with Crippen molar-refractivity contribution in [2.75, 3.05) is 0 Å². The van der Waals surface area contributed by atoms with Gasteiger partial charge in [0.2, 0.25) is 0 Å². The molecular formula is C27H26N6OS. The van der Waals surface area contributed by atoms with E-state index in [-0.39, 0.29) is 5.56 Å². The fourth-order valence-electron chi connectivity index (χ4n) is 4.22. The Kier molecular flexibility index (Phi) is 6.46. The van der Waals surface area contributed by atoms with Gasteiger partial charge in [0.15, 0.2) is 11.0 Å². The molecule has 4 heterocycles. The summed E-state index contributed by atoms with van der Waals surface area (Å²) >= 11 is 1.53. The quantitative estimate of drug-likeness (QED) is 0.302. The van der Waals surface area contributed by atoms with Crippen LogP contribution in [0.4, 0.5) is 0 Å².